The van der Waals surface area contributed by atoms with Gasteiger partial charge < -0.3 is 10.0 Å². The Kier molecular flexibility index (Phi) is 2.58. The van der Waals surface area contributed by atoms with Gasteiger partial charge in [0.15, 0.2) is 0 Å². The monoisotopic (exact) mass is 220 g/mol. The number of rotatable bonds is 4. The molecular formula is C12H16N2O2. The van der Waals surface area contributed by atoms with Crippen LogP contribution in [0.2, 0.25) is 0 Å². The van der Waals surface area contributed by atoms with E-state index in [4.69, 9.17) is 5.11 Å². The number of aromatic nitrogens is 1. The van der Waals surface area contributed by atoms with Crippen molar-refractivity contribution in [2.75, 3.05) is 19.0 Å². The van der Waals surface area contributed by atoms with E-state index in [0.29, 0.717) is 6.42 Å². The average molecular weight is 220 g/mol. The van der Waals surface area contributed by atoms with Gasteiger partial charge in [0.2, 0.25) is 0 Å². The van der Waals surface area contributed by atoms with E-state index >= 15 is 0 Å². The maximum Gasteiger partial charge on any atom is 0.309 e. The Morgan fingerprint density at radius 1 is 1.50 bits per heavy atom. The molecule has 4 nitrogen and oxygen atoms in total. The molecule has 1 aliphatic carbocycles. The van der Waals surface area contributed by atoms with Gasteiger partial charge in [-0.25, -0.2) is 4.98 Å². The fraction of sp³-hybridized carbons (Fsp3) is 0.500. The van der Waals surface area contributed by atoms with Crippen LogP contribution in [0.15, 0.2) is 18.3 Å². The summed E-state index contributed by atoms with van der Waals surface area (Å²) in [6.07, 6.45) is 3.96. The molecule has 1 saturated carbocycles. The summed E-state index contributed by atoms with van der Waals surface area (Å²) in [4.78, 5) is 17.2. The molecule has 1 aromatic rings. The van der Waals surface area contributed by atoms with Crippen LogP contribution < -0.4 is 4.90 Å². The lowest BCUT2D eigenvalue weighted by Gasteiger charge is -2.13. The number of hydrogen-bond acceptors (Lipinski definition) is 3. The highest BCUT2D eigenvalue weighted by Crippen LogP contribution is 2.48. The third-order valence-corrected chi connectivity index (χ3v) is 3.12. The van der Waals surface area contributed by atoms with Crippen LogP contribution in [0, 0.1) is 5.41 Å². The molecule has 2 rings (SSSR count). The number of pyridine rings is 1. The van der Waals surface area contributed by atoms with E-state index in [-0.39, 0.29) is 0 Å². The van der Waals surface area contributed by atoms with Gasteiger partial charge in [-0.05, 0) is 30.9 Å². The second-order valence-corrected chi connectivity index (χ2v) is 4.68. The summed E-state index contributed by atoms with van der Waals surface area (Å²) >= 11 is 0. The number of hydrogen-bond donors (Lipinski definition) is 1. The van der Waals surface area contributed by atoms with E-state index in [1.807, 2.05) is 31.1 Å². The van der Waals surface area contributed by atoms with Crippen molar-refractivity contribution in [3.05, 3.63) is 23.9 Å². The highest BCUT2D eigenvalue weighted by Gasteiger charge is 2.49. The molecule has 0 atom stereocenters. The lowest BCUT2D eigenvalue weighted by molar-refractivity contribution is -0.143. The van der Waals surface area contributed by atoms with Gasteiger partial charge in [-0.2, -0.15) is 0 Å². The summed E-state index contributed by atoms with van der Waals surface area (Å²) in [7, 11) is 3.86. The lowest BCUT2D eigenvalue weighted by atomic mass is 9.98. The van der Waals surface area contributed by atoms with E-state index in [1.165, 1.54) is 0 Å². The largest absolute Gasteiger partial charge is 0.481 e. The van der Waals surface area contributed by atoms with E-state index in [1.54, 1.807) is 6.20 Å². The molecule has 0 radical (unpaired) electrons. The van der Waals surface area contributed by atoms with Gasteiger partial charge >= 0.3 is 5.97 Å². The Morgan fingerprint density at radius 3 is 2.56 bits per heavy atom. The van der Waals surface area contributed by atoms with Crippen molar-refractivity contribution in [2.24, 2.45) is 5.41 Å². The Hall–Kier alpha value is -1.58. The number of aliphatic carboxylic acids is 1. The first-order valence-corrected chi connectivity index (χ1v) is 5.39. The van der Waals surface area contributed by atoms with E-state index in [2.05, 4.69) is 4.98 Å². The fourth-order valence-corrected chi connectivity index (χ4v) is 1.79. The molecule has 0 aromatic carbocycles. The van der Waals surface area contributed by atoms with Gasteiger partial charge in [0.25, 0.3) is 0 Å². The molecule has 0 spiro atoms. The molecule has 4 heteroatoms. The minimum atomic E-state index is -0.677. The molecule has 0 amide bonds. The normalized spacial score (nSPS) is 16.9. The summed E-state index contributed by atoms with van der Waals surface area (Å²) in [5.74, 6) is 0.216. The number of carboxylic acids is 1. The second kappa shape index (κ2) is 3.77. The quantitative estimate of drug-likeness (QED) is 0.836. The number of carboxylic acid groups (broad SMARTS) is 1. The first kappa shape index (κ1) is 10.9. The van der Waals surface area contributed by atoms with Crippen LogP contribution in [0.25, 0.3) is 0 Å². The van der Waals surface area contributed by atoms with Crippen molar-refractivity contribution in [1.29, 1.82) is 0 Å². The molecule has 1 fully saturated rings. The van der Waals surface area contributed by atoms with Crippen molar-refractivity contribution >= 4 is 11.8 Å². The van der Waals surface area contributed by atoms with Gasteiger partial charge in [-0.1, -0.05) is 6.07 Å². The van der Waals surface area contributed by atoms with Crippen molar-refractivity contribution in [1.82, 2.24) is 4.98 Å². The van der Waals surface area contributed by atoms with E-state index in [9.17, 15) is 4.79 Å². The zero-order valence-electron chi connectivity index (χ0n) is 9.60. The average Bonchev–Trinajstić information content (AvgIpc) is 3.00. The molecule has 0 saturated heterocycles. The standard InChI is InChI=1S/C12H16N2O2/c1-14(2)10-4-3-9(8-13-10)7-12(5-6-12)11(15)16/h3-4,8H,5-7H2,1-2H3,(H,15,16). The highest BCUT2D eigenvalue weighted by molar-refractivity contribution is 5.78. The topological polar surface area (TPSA) is 53.4 Å². The molecule has 0 unspecified atom stereocenters. The summed E-state index contributed by atoms with van der Waals surface area (Å²) in [5.41, 5.74) is 0.506. The van der Waals surface area contributed by atoms with Crippen molar-refractivity contribution in [2.45, 2.75) is 19.3 Å². The molecular weight excluding hydrogens is 204 g/mol. The zero-order valence-corrected chi connectivity index (χ0v) is 9.60. The van der Waals surface area contributed by atoms with Crippen LogP contribution in [0.3, 0.4) is 0 Å². The molecule has 86 valence electrons. The first-order chi connectivity index (χ1) is 7.53. The SMILES string of the molecule is CN(C)c1ccc(CC2(C(=O)O)CC2)cn1. The maximum atomic E-state index is 11.0. The molecule has 1 N–H and O–H groups in total. The molecule has 1 aliphatic rings. The van der Waals surface area contributed by atoms with Crippen LogP contribution in [0.5, 0.6) is 0 Å². The lowest BCUT2D eigenvalue weighted by Crippen LogP contribution is -2.18. The van der Waals surface area contributed by atoms with Crippen LogP contribution in [0.4, 0.5) is 5.82 Å². The Balaban J connectivity index is 2.09. The van der Waals surface area contributed by atoms with Gasteiger partial charge in [0.05, 0.1) is 5.41 Å². The smallest absolute Gasteiger partial charge is 0.309 e. The van der Waals surface area contributed by atoms with Crippen LogP contribution in [-0.4, -0.2) is 30.2 Å². The predicted molar refractivity (Wildman–Crippen MR) is 61.6 cm³/mol. The van der Waals surface area contributed by atoms with Crippen LogP contribution in [0.1, 0.15) is 18.4 Å². The number of nitrogens with zero attached hydrogens (tertiary/aromatic N) is 2. The minimum absolute atomic E-state index is 0.499. The van der Waals surface area contributed by atoms with Gasteiger partial charge in [-0.3, -0.25) is 4.79 Å². The Morgan fingerprint density at radius 2 is 2.19 bits per heavy atom. The fourth-order valence-electron chi connectivity index (χ4n) is 1.79. The molecule has 1 heterocycles. The maximum absolute atomic E-state index is 11.0. The molecule has 0 bridgehead atoms. The molecule has 16 heavy (non-hydrogen) atoms. The minimum Gasteiger partial charge on any atom is -0.481 e. The van der Waals surface area contributed by atoms with Crippen molar-refractivity contribution in [3.63, 3.8) is 0 Å². The molecule has 0 aliphatic heterocycles. The highest BCUT2D eigenvalue weighted by atomic mass is 16.4. The number of carbonyl (C=O) groups is 1. The van der Waals surface area contributed by atoms with Gasteiger partial charge in [-0.15, -0.1) is 0 Å². The van der Waals surface area contributed by atoms with Crippen LogP contribution in [-0.2, 0) is 11.2 Å². The third-order valence-electron chi connectivity index (χ3n) is 3.12. The van der Waals surface area contributed by atoms with E-state index < -0.39 is 11.4 Å². The summed E-state index contributed by atoms with van der Waals surface area (Å²) in [6, 6.07) is 3.89. The summed E-state index contributed by atoms with van der Waals surface area (Å²) < 4.78 is 0. The second-order valence-electron chi connectivity index (χ2n) is 4.68. The third kappa shape index (κ3) is 2.01. The summed E-state index contributed by atoms with van der Waals surface area (Å²) in [5, 5.41) is 9.08. The Labute approximate surface area is 94.9 Å². The predicted octanol–water partition coefficient (Wildman–Crippen LogP) is 1.55. The van der Waals surface area contributed by atoms with Gasteiger partial charge in [0.1, 0.15) is 5.82 Å². The Bertz CT molecular complexity index is 394. The molecule has 1 aromatic heterocycles. The van der Waals surface area contributed by atoms with Crippen molar-refractivity contribution in [3.8, 4) is 0 Å². The summed E-state index contributed by atoms with van der Waals surface area (Å²) in [6.45, 7) is 0. The van der Waals surface area contributed by atoms with Gasteiger partial charge in [0, 0.05) is 20.3 Å². The first-order valence-electron chi connectivity index (χ1n) is 5.39. The number of anilines is 1. The zero-order chi connectivity index (χ0) is 11.8. The van der Waals surface area contributed by atoms with Crippen molar-refractivity contribution < 1.29 is 9.90 Å². The van der Waals surface area contributed by atoms with E-state index in [0.717, 1.165) is 24.2 Å². The van der Waals surface area contributed by atoms with Crippen LogP contribution >= 0.6 is 0 Å².